The molecule has 0 unspecified atom stereocenters. The van der Waals surface area contributed by atoms with E-state index in [0.29, 0.717) is 17.7 Å². The number of aromatic amines is 1. The lowest BCUT2D eigenvalue weighted by Crippen LogP contribution is -2.06. The van der Waals surface area contributed by atoms with E-state index >= 15 is 0 Å². The van der Waals surface area contributed by atoms with Gasteiger partial charge in [-0.05, 0) is 25.5 Å². The molecule has 1 aromatic carbocycles. The predicted octanol–water partition coefficient (Wildman–Crippen LogP) is 2.06. The minimum Gasteiger partial charge on any atom is -0.496 e. The van der Waals surface area contributed by atoms with Crippen LogP contribution < -0.4 is 4.74 Å². The number of esters is 1. The molecule has 0 amide bonds. The maximum atomic E-state index is 11.8. The highest BCUT2D eigenvalue weighted by atomic mass is 16.5. The SMILES string of the molecule is CCOC(=O)c1cc(C)c(OC)c2cn[nH]c12. The number of fused-ring (bicyclic) bond motifs is 1. The molecule has 0 fully saturated rings. The van der Waals surface area contributed by atoms with Crippen molar-refractivity contribution in [1.29, 1.82) is 0 Å². The summed E-state index contributed by atoms with van der Waals surface area (Å²) >= 11 is 0. The Bertz CT molecular complexity index is 560. The molecule has 5 heteroatoms. The lowest BCUT2D eigenvalue weighted by molar-refractivity contribution is 0.0528. The van der Waals surface area contributed by atoms with Crippen LogP contribution in [-0.4, -0.2) is 29.9 Å². The van der Waals surface area contributed by atoms with Crippen molar-refractivity contribution < 1.29 is 14.3 Å². The standard InChI is InChI=1S/C12H14N2O3/c1-4-17-12(15)8-5-7(2)11(16-3)9-6-13-14-10(8)9/h5-6H,4H2,1-3H3,(H,13,14). The Labute approximate surface area is 98.7 Å². The van der Waals surface area contributed by atoms with Crippen LogP contribution in [0.3, 0.4) is 0 Å². The van der Waals surface area contributed by atoms with Crippen LogP contribution in [0.2, 0.25) is 0 Å². The molecular formula is C12H14N2O3. The van der Waals surface area contributed by atoms with E-state index in [4.69, 9.17) is 9.47 Å². The molecule has 1 heterocycles. The molecule has 0 atom stereocenters. The van der Waals surface area contributed by atoms with E-state index in [1.165, 1.54) is 0 Å². The number of H-pyrrole nitrogens is 1. The molecule has 90 valence electrons. The topological polar surface area (TPSA) is 64.2 Å². The Balaban J connectivity index is 2.65. The van der Waals surface area contributed by atoms with Crippen molar-refractivity contribution >= 4 is 16.9 Å². The molecule has 0 spiro atoms. The molecule has 0 bridgehead atoms. The zero-order valence-corrected chi connectivity index (χ0v) is 10.0. The molecule has 1 aromatic heterocycles. The Kier molecular flexibility index (Phi) is 2.99. The van der Waals surface area contributed by atoms with Crippen LogP contribution in [0.15, 0.2) is 12.3 Å². The monoisotopic (exact) mass is 234 g/mol. The summed E-state index contributed by atoms with van der Waals surface area (Å²) in [5, 5.41) is 7.53. The van der Waals surface area contributed by atoms with E-state index in [0.717, 1.165) is 16.7 Å². The number of nitrogens with one attached hydrogen (secondary N) is 1. The van der Waals surface area contributed by atoms with Gasteiger partial charge in [-0.3, -0.25) is 5.10 Å². The lowest BCUT2D eigenvalue weighted by Gasteiger charge is -2.09. The number of methoxy groups -OCH3 is 1. The van der Waals surface area contributed by atoms with E-state index < -0.39 is 0 Å². The Morgan fingerprint density at radius 1 is 1.53 bits per heavy atom. The molecule has 17 heavy (non-hydrogen) atoms. The fraction of sp³-hybridized carbons (Fsp3) is 0.333. The summed E-state index contributed by atoms with van der Waals surface area (Å²) < 4.78 is 10.3. The molecule has 0 aliphatic carbocycles. The normalized spacial score (nSPS) is 10.5. The van der Waals surface area contributed by atoms with E-state index in [-0.39, 0.29) is 5.97 Å². The molecule has 0 aliphatic heterocycles. The molecule has 5 nitrogen and oxygen atoms in total. The van der Waals surface area contributed by atoms with Gasteiger partial charge in [-0.15, -0.1) is 0 Å². The third-order valence-electron chi connectivity index (χ3n) is 2.57. The fourth-order valence-corrected chi connectivity index (χ4v) is 1.87. The van der Waals surface area contributed by atoms with Gasteiger partial charge in [0.2, 0.25) is 0 Å². The second-order valence-corrected chi connectivity index (χ2v) is 3.65. The van der Waals surface area contributed by atoms with Crippen molar-refractivity contribution in [2.45, 2.75) is 13.8 Å². The van der Waals surface area contributed by atoms with Gasteiger partial charge >= 0.3 is 5.97 Å². The summed E-state index contributed by atoms with van der Waals surface area (Å²) in [6, 6.07) is 1.75. The fourth-order valence-electron chi connectivity index (χ4n) is 1.87. The predicted molar refractivity (Wildman–Crippen MR) is 63.3 cm³/mol. The van der Waals surface area contributed by atoms with Crippen molar-refractivity contribution in [3.8, 4) is 5.75 Å². The third kappa shape index (κ3) is 1.84. The molecule has 0 aliphatic rings. The molecule has 0 saturated carbocycles. The van der Waals surface area contributed by atoms with Gasteiger partial charge in [0.25, 0.3) is 0 Å². The highest BCUT2D eigenvalue weighted by Crippen LogP contribution is 2.31. The smallest absolute Gasteiger partial charge is 0.340 e. The van der Waals surface area contributed by atoms with Crippen LogP contribution >= 0.6 is 0 Å². The maximum absolute atomic E-state index is 11.8. The number of nitrogens with zero attached hydrogens (tertiary/aromatic N) is 1. The van der Waals surface area contributed by atoms with Crippen LogP contribution in [0.4, 0.5) is 0 Å². The van der Waals surface area contributed by atoms with Gasteiger partial charge in [-0.25, -0.2) is 4.79 Å². The van der Waals surface area contributed by atoms with E-state index in [9.17, 15) is 4.79 Å². The van der Waals surface area contributed by atoms with Crippen LogP contribution in [-0.2, 0) is 4.74 Å². The third-order valence-corrected chi connectivity index (χ3v) is 2.57. The number of ether oxygens (including phenoxy) is 2. The van der Waals surface area contributed by atoms with Gasteiger partial charge < -0.3 is 9.47 Å². The number of rotatable bonds is 3. The van der Waals surface area contributed by atoms with Crippen molar-refractivity contribution in [2.24, 2.45) is 0 Å². The van der Waals surface area contributed by atoms with Gasteiger partial charge in [-0.1, -0.05) is 0 Å². The first kappa shape index (κ1) is 11.4. The van der Waals surface area contributed by atoms with Crippen LogP contribution in [0.25, 0.3) is 10.9 Å². The van der Waals surface area contributed by atoms with Gasteiger partial charge in [-0.2, -0.15) is 5.10 Å². The first-order chi connectivity index (χ1) is 8.19. The van der Waals surface area contributed by atoms with Crippen molar-refractivity contribution in [3.63, 3.8) is 0 Å². The zero-order chi connectivity index (χ0) is 12.4. The molecule has 1 N–H and O–H groups in total. The summed E-state index contributed by atoms with van der Waals surface area (Å²) in [5.74, 6) is 0.370. The largest absolute Gasteiger partial charge is 0.496 e. The molecule has 2 rings (SSSR count). The number of carbonyl (C=O) groups excluding carboxylic acids is 1. The minimum atomic E-state index is -0.354. The van der Waals surface area contributed by atoms with E-state index in [1.54, 1.807) is 26.3 Å². The van der Waals surface area contributed by atoms with Crippen LogP contribution in [0.1, 0.15) is 22.8 Å². The number of benzene rings is 1. The number of carbonyl (C=O) groups is 1. The van der Waals surface area contributed by atoms with Crippen LogP contribution in [0.5, 0.6) is 5.75 Å². The average Bonchev–Trinajstić information content (AvgIpc) is 2.77. The molecular weight excluding hydrogens is 220 g/mol. The summed E-state index contributed by atoms with van der Waals surface area (Å²) in [7, 11) is 1.60. The summed E-state index contributed by atoms with van der Waals surface area (Å²) in [6.07, 6.45) is 1.64. The van der Waals surface area contributed by atoms with Gasteiger partial charge in [0.05, 0.1) is 36.4 Å². The van der Waals surface area contributed by atoms with Crippen molar-refractivity contribution in [3.05, 3.63) is 23.4 Å². The number of hydrogen-bond acceptors (Lipinski definition) is 4. The van der Waals surface area contributed by atoms with E-state index in [2.05, 4.69) is 10.2 Å². The Hall–Kier alpha value is -2.04. The lowest BCUT2D eigenvalue weighted by atomic mass is 10.1. The second kappa shape index (κ2) is 4.45. The number of aryl methyl sites for hydroxylation is 1. The molecule has 2 aromatic rings. The van der Waals surface area contributed by atoms with Crippen molar-refractivity contribution in [1.82, 2.24) is 10.2 Å². The van der Waals surface area contributed by atoms with Gasteiger partial charge in [0.1, 0.15) is 5.75 Å². The maximum Gasteiger partial charge on any atom is 0.340 e. The quantitative estimate of drug-likeness (QED) is 0.825. The first-order valence-electron chi connectivity index (χ1n) is 5.36. The summed E-state index contributed by atoms with van der Waals surface area (Å²) in [6.45, 7) is 4.01. The Morgan fingerprint density at radius 3 is 2.94 bits per heavy atom. The van der Waals surface area contributed by atoms with Gasteiger partial charge in [0, 0.05) is 0 Å². The van der Waals surface area contributed by atoms with E-state index in [1.807, 2.05) is 6.92 Å². The first-order valence-corrected chi connectivity index (χ1v) is 5.36. The average molecular weight is 234 g/mol. The Morgan fingerprint density at radius 2 is 2.29 bits per heavy atom. The highest BCUT2D eigenvalue weighted by Gasteiger charge is 2.17. The molecule has 0 saturated heterocycles. The minimum absolute atomic E-state index is 0.347. The van der Waals surface area contributed by atoms with Crippen LogP contribution in [0, 0.1) is 6.92 Å². The second-order valence-electron chi connectivity index (χ2n) is 3.65. The van der Waals surface area contributed by atoms with Crippen molar-refractivity contribution in [2.75, 3.05) is 13.7 Å². The summed E-state index contributed by atoms with van der Waals surface area (Å²) in [5.41, 5.74) is 2.01. The van der Waals surface area contributed by atoms with Gasteiger partial charge in [0.15, 0.2) is 0 Å². The summed E-state index contributed by atoms with van der Waals surface area (Å²) in [4.78, 5) is 11.8. The number of aromatic nitrogens is 2. The number of hydrogen-bond donors (Lipinski definition) is 1. The zero-order valence-electron chi connectivity index (χ0n) is 10.0. The highest BCUT2D eigenvalue weighted by molar-refractivity contribution is 6.05. The molecule has 0 radical (unpaired) electrons.